The zero-order chi connectivity index (χ0) is 42.7. The van der Waals surface area contributed by atoms with Gasteiger partial charge in [0.15, 0.2) is 0 Å². The first-order valence-electron chi connectivity index (χ1n) is 24.4. The molecule has 0 aliphatic heterocycles. The minimum absolute atomic E-state index is 0. The average Bonchev–Trinajstić information content (AvgIpc) is 3.68. The van der Waals surface area contributed by atoms with Gasteiger partial charge >= 0.3 is 380 Å². The van der Waals surface area contributed by atoms with E-state index in [0.29, 0.717) is 15.5 Å². The number of rotatable bonds is 5. The van der Waals surface area contributed by atoms with E-state index in [1.54, 1.807) is 14.4 Å². The fourth-order valence-electron chi connectivity index (χ4n) is 18.4. The number of fused-ring (bicyclic) bond motifs is 8. The van der Waals surface area contributed by atoms with Gasteiger partial charge in [-0.3, -0.25) is 0 Å². The summed E-state index contributed by atoms with van der Waals surface area (Å²) in [6.07, 6.45) is 41.5. The molecule has 63 heavy (non-hydrogen) atoms. The molecule has 10 unspecified atom stereocenters. The standard InChI is InChI=1S/C29H37.C16H21.C15H14.2ClH.Zr/c1-21-14-13-15-22-20-27(6)25(4)18-10-9-16-23(25,2)24(3)17-11-12-19-26(24,5)29(27,8)28(21,22)7;1-10-2-3-13(4-10)16-14-6-11-5-12(8-14)9-15(16)7-11;1-12-3-7-14(8-4-12)11-15-9-5-13(2)6-10-15;;;/h9-20,22H,1-8H3;3-4,10-12,14-16H,5-9H2,1H3;3-10H,1-2H3;2*1H;/q;;;;;+2/p-2. The van der Waals surface area contributed by atoms with Gasteiger partial charge in [0.2, 0.25) is 0 Å². The molecule has 0 spiro atoms. The molecule has 2 aromatic rings. The van der Waals surface area contributed by atoms with Crippen molar-refractivity contribution in [2.75, 3.05) is 0 Å². The number of benzene rings is 2. The summed E-state index contributed by atoms with van der Waals surface area (Å²) in [4.78, 5) is 0. The van der Waals surface area contributed by atoms with Gasteiger partial charge in [0, 0.05) is 0 Å². The molecule has 12 rings (SSSR count). The minimum Gasteiger partial charge on any atom is -1.00 e. The third kappa shape index (κ3) is 5.46. The third-order valence-corrected chi connectivity index (χ3v) is 31.5. The Morgan fingerprint density at radius 1 is 0.587 bits per heavy atom. The molecule has 4 bridgehead atoms. The Labute approximate surface area is 401 Å². The smallest absolute Gasteiger partial charge is 1.00 e. The molecule has 330 valence electrons. The minimum atomic E-state index is -3.18. The van der Waals surface area contributed by atoms with Crippen LogP contribution in [0.1, 0.15) is 117 Å². The molecule has 6 saturated carbocycles. The van der Waals surface area contributed by atoms with Crippen molar-refractivity contribution in [2.45, 2.75) is 112 Å². The number of aryl methyl sites for hydroxylation is 2. The molecule has 0 aromatic heterocycles. The summed E-state index contributed by atoms with van der Waals surface area (Å²) >= 11 is -3.18. The van der Waals surface area contributed by atoms with Crippen LogP contribution >= 0.6 is 0 Å². The fourth-order valence-corrected chi connectivity index (χ4v) is 30.1. The number of allylic oxidation sites excluding steroid dienone is 16. The molecule has 0 heterocycles. The van der Waals surface area contributed by atoms with Crippen molar-refractivity contribution < 1.29 is 46.1 Å². The molecular formula is C60H72Cl2Zr. The Balaban J connectivity index is 0.00000252. The van der Waals surface area contributed by atoms with Gasteiger partial charge in [-0.05, 0) is 0 Å². The zero-order valence-corrected chi connectivity index (χ0v) is 44.0. The van der Waals surface area contributed by atoms with Gasteiger partial charge in [0.05, 0.1) is 0 Å². The molecule has 10 aliphatic rings. The van der Waals surface area contributed by atoms with Gasteiger partial charge in [-0.1, -0.05) is 0 Å². The Morgan fingerprint density at radius 2 is 1.06 bits per heavy atom. The van der Waals surface area contributed by atoms with Gasteiger partial charge in [0.25, 0.3) is 0 Å². The van der Waals surface area contributed by atoms with Crippen LogP contribution in [0.3, 0.4) is 0 Å². The van der Waals surface area contributed by atoms with Crippen molar-refractivity contribution in [1.82, 2.24) is 0 Å². The summed E-state index contributed by atoms with van der Waals surface area (Å²) in [5.41, 5.74) is 8.23. The molecule has 0 saturated heterocycles. The van der Waals surface area contributed by atoms with Gasteiger partial charge in [-0.15, -0.1) is 0 Å². The van der Waals surface area contributed by atoms with Crippen LogP contribution in [-0.4, -0.2) is 3.21 Å². The first-order chi connectivity index (χ1) is 29.0. The van der Waals surface area contributed by atoms with Crippen LogP contribution in [0, 0.1) is 93.2 Å². The summed E-state index contributed by atoms with van der Waals surface area (Å²) in [7, 11) is 0. The SMILES string of the molecule is CC1=CC=CC2[CH]([Zr+2]([C]3=CC(C4C5CC6CC(C5)CC4C6)=CC3C)=[C](c3ccc(C)cc3)c3ccc(C)cc3)C3(C)C4(C)C=CC=CC4(C)C4(C)C=CC=CC4(C)C3(C)C12C.[Cl-].[Cl-]. The van der Waals surface area contributed by atoms with Gasteiger partial charge in [-0.25, -0.2) is 0 Å². The summed E-state index contributed by atoms with van der Waals surface area (Å²) in [6.45, 7) is 29.0. The monoisotopic (exact) mass is 952 g/mol. The summed E-state index contributed by atoms with van der Waals surface area (Å²) in [5.74, 6) is 5.39. The molecule has 0 radical (unpaired) electrons. The van der Waals surface area contributed by atoms with Crippen LogP contribution in [0.5, 0.6) is 0 Å². The Morgan fingerprint density at radius 3 is 1.59 bits per heavy atom. The fraction of sp³-hybridized carbons (Fsp3) is 0.517. The molecule has 0 N–H and O–H groups in total. The predicted octanol–water partition coefficient (Wildman–Crippen LogP) is 9.27. The van der Waals surface area contributed by atoms with Crippen LogP contribution in [-0.2, 0) is 21.3 Å². The van der Waals surface area contributed by atoms with E-state index in [0.717, 1.165) is 29.6 Å². The topological polar surface area (TPSA) is 0 Å². The maximum atomic E-state index is 2.95. The second-order valence-electron chi connectivity index (χ2n) is 23.5. The Bertz CT molecular complexity index is 2430. The molecule has 10 aliphatic carbocycles. The van der Waals surface area contributed by atoms with E-state index in [-0.39, 0.29) is 62.7 Å². The van der Waals surface area contributed by atoms with E-state index in [2.05, 4.69) is 204 Å². The van der Waals surface area contributed by atoms with Crippen molar-refractivity contribution in [1.29, 1.82) is 0 Å². The molecule has 10 atom stereocenters. The quantitative estimate of drug-likeness (QED) is 0.281. The van der Waals surface area contributed by atoms with E-state index in [4.69, 9.17) is 0 Å². The Hall–Kier alpha value is -2.31. The second kappa shape index (κ2) is 15.1. The van der Waals surface area contributed by atoms with E-state index >= 15 is 0 Å². The third-order valence-electron chi connectivity index (χ3n) is 21.9. The normalized spacial score (nSPS) is 45.1. The van der Waals surface area contributed by atoms with Crippen molar-refractivity contribution >= 4 is 3.21 Å². The van der Waals surface area contributed by atoms with E-state index < -0.39 is 21.3 Å². The van der Waals surface area contributed by atoms with Crippen LogP contribution in [0.15, 0.2) is 142 Å². The van der Waals surface area contributed by atoms with Gasteiger partial charge < -0.3 is 24.8 Å². The van der Waals surface area contributed by atoms with Crippen molar-refractivity contribution in [3.8, 4) is 0 Å². The summed E-state index contributed by atoms with van der Waals surface area (Å²) in [5, 5.41) is 0. The first-order valence-corrected chi connectivity index (χ1v) is 28.3. The van der Waals surface area contributed by atoms with Crippen LogP contribution in [0.2, 0.25) is 3.63 Å². The molecule has 0 nitrogen and oxygen atoms in total. The van der Waals surface area contributed by atoms with Crippen molar-refractivity contribution in [2.24, 2.45) is 79.3 Å². The largest absolute Gasteiger partial charge is 1.00 e. The van der Waals surface area contributed by atoms with E-state index in [1.165, 1.54) is 54.4 Å². The zero-order valence-electron chi connectivity index (χ0n) is 40.0. The van der Waals surface area contributed by atoms with E-state index in [9.17, 15) is 0 Å². The number of hydrogen-bond donors (Lipinski definition) is 0. The molecule has 2 aromatic carbocycles. The van der Waals surface area contributed by atoms with Crippen LogP contribution in [0.4, 0.5) is 0 Å². The van der Waals surface area contributed by atoms with Gasteiger partial charge in [0.1, 0.15) is 0 Å². The molecule has 0 amide bonds. The average molecular weight is 955 g/mol. The number of hydrogen-bond acceptors (Lipinski definition) is 0. The molecule has 3 heteroatoms. The van der Waals surface area contributed by atoms with E-state index in [1.807, 2.05) is 3.28 Å². The number of halogens is 2. The first kappa shape index (κ1) is 45.8. The predicted molar refractivity (Wildman–Crippen MR) is 255 cm³/mol. The Kier molecular flexibility index (Phi) is 11.0. The summed E-state index contributed by atoms with van der Waals surface area (Å²) in [6, 6.07) is 19.7. The summed E-state index contributed by atoms with van der Waals surface area (Å²) < 4.78 is 4.10. The molecular weight excluding hydrogens is 883 g/mol. The van der Waals surface area contributed by atoms with Crippen molar-refractivity contribution in [3.05, 3.63) is 164 Å². The van der Waals surface area contributed by atoms with Crippen molar-refractivity contribution in [3.63, 3.8) is 0 Å². The maximum Gasteiger partial charge on any atom is -1.00 e. The maximum absolute atomic E-state index is 3.18. The van der Waals surface area contributed by atoms with Crippen LogP contribution in [0.25, 0.3) is 0 Å². The molecule has 6 fully saturated rings. The van der Waals surface area contributed by atoms with Gasteiger partial charge in [-0.2, -0.15) is 0 Å². The van der Waals surface area contributed by atoms with Crippen LogP contribution < -0.4 is 24.8 Å². The second-order valence-corrected chi connectivity index (χ2v) is 29.8.